The molecule has 0 radical (unpaired) electrons. The van der Waals surface area contributed by atoms with Crippen LogP contribution in [0, 0.1) is 0 Å². The second kappa shape index (κ2) is 12.0. The maximum atomic E-state index is 14.1. The Kier molecular flexibility index (Phi) is 8.26. The van der Waals surface area contributed by atoms with Crippen LogP contribution in [0.1, 0.15) is 44.9 Å². The molecule has 212 valence electrons. The lowest BCUT2D eigenvalue weighted by atomic mass is 9.95. The van der Waals surface area contributed by atoms with Gasteiger partial charge in [0.05, 0.1) is 41.7 Å². The topological polar surface area (TPSA) is 84.0 Å². The Balaban J connectivity index is 1.73. The predicted molar refractivity (Wildman–Crippen MR) is 161 cm³/mol. The zero-order chi connectivity index (χ0) is 29.1. The Morgan fingerprint density at radius 3 is 2.56 bits per heavy atom. The highest BCUT2D eigenvalue weighted by molar-refractivity contribution is 7.07. The minimum absolute atomic E-state index is 0.203. The number of para-hydroxylation sites is 1. The summed E-state index contributed by atoms with van der Waals surface area (Å²) in [6.07, 6.45) is 5.77. The summed E-state index contributed by atoms with van der Waals surface area (Å²) in [7, 11) is 0. The zero-order valence-electron chi connectivity index (χ0n) is 23.7. The summed E-state index contributed by atoms with van der Waals surface area (Å²) in [6, 6.07) is 12.8. The van der Waals surface area contributed by atoms with Crippen molar-refractivity contribution in [2.75, 3.05) is 19.8 Å². The summed E-state index contributed by atoms with van der Waals surface area (Å²) in [5.41, 5.74) is 3.27. The summed E-state index contributed by atoms with van der Waals surface area (Å²) in [5, 5.41) is 1.04. The molecule has 4 aromatic rings. The minimum atomic E-state index is -0.746. The van der Waals surface area contributed by atoms with Crippen molar-refractivity contribution in [3.05, 3.63) is 103 Å². The highest BCUT2D eigenvalue weighted by Gasteiger charge is 2.34. The highest BCUT2D eigenvalue weighted by Crippen LogP contribution is 2.36. The number of esters is 1. The number of allylic oxidation sites excluding steroid dienone is 2. The summed E-state index contributed by atoms with van der Waals surface area (Å²) >= 11 is 1.30. The Labute approximate surface area is 242 Å². The Morgan fingerprint density at radius 2 is 1.83 bits per heavy atom. The zero-order valence-corrected chi connectivity index (χ0v) is 24.5. The minimum Gasteiger partial charge on any atom is -0.490 e. The fourth-order valence-electron chi connectivity index (χ4n) is 5.17. The quantitative estimate of drug-likeness (QED) is 0.203. The van der Waals surface area contributed by atoms with Gasteiger partial charge < -0.3 is 18.8 Å². The lowest BCUT2D eigenvalue weighted by molar-refractivity contribution is -0.139. The summed E-state index contributed by atoms with van der Waals surface area (Å²) in [5.74, 6) is 0.633. The third-order valence-electron chi connectivity index (χ3n) is 6.83. The van der Waals surface area contributed by atoms with Gasteiger partial charge in [-0.1, -0.05) is 41.7 Å². The first-order valence-electron chi connectivity index (χ1n) is 13.7. The van der Waals surface area contributed by atoms with E-state index in [1.165, 1.54) is 11.3 Å². The van der Waals surface area contributed by atoms with Crippen LogP contribution in [0.3, 0.4) is 0 Å². The molecule has 0 aliphatic carbocycles. The summed E-state index contributed by atoms with van der Waals surface area (Å²) in [6.45, 7) is 13.0. The van der Waals surface area contributed by atoms with Gasteiger partial charge in [0.1, 0.15) is 0 Å². The van der Waals surface area contributed by atoms with Crippen LogP contribution in [-0.2, 0) is 16.1 Å². The van der Waals surface area contributed by atoms with E-state index in [0.717, 1.165) is 16.5 Å². The fraction of sp³-hybridized carbons (Fsp3) is 0.281. The van der Waals surface area contributed by atoms with Crippen LogP contribution in [0.4, 0.5) is 0 Å². The van der Waals surface area contributed by atoms with E-state index < -0.39 is 12.0 Å². The van der Waals surface area contributed by atoms with Crippen LogP contribution >= 0.6 is 11.3 Å². The number of benzene rings is 2. The summed E-state index contributed by atoms with van der Waals surface area (Å²) < 4.78 is 21.3. The molecule has 5 rings (SSSR count). The van der Waals surface area contributed by atoms with Gasteiger partial charge in [0.25, 0.3) is 5.56 Å². The third kappa shape index (κ3) is 5.25. The molecule has 41 heavy (non-hydrogen) atoms. The number of ether oxygens (including phenoxy) is 3. The average Bonchev–Trinajstić information content (AvgIpc) is 3.46. The van der Waals surface area contributed by atoms with Crippen molar-refractivity contribution in [1.82, 2.24) is 9.13 Å². The number of hydrogen-bond acceptors (Lipinski definition) is 7. The highest BCUT2D eigenvalue weighted by atomic mass is 32.1. The number of carbonyl (C=O) groups is 1. The van der Waals surface area contributed by atoms with Crippen LogP contribution in [0.15, 0.2) is 82.4 Å². The van der Waals surface area contributed by atoms with Crippen LogP contribution < -0.4 is 24.4 Å². The van der Waals surface area contributed by atoms with E-state index in [0.29, 0.717) is 57.4 Å². The molecule has 0 saturated heterocycles. The van der Waals surface area contributed by atoms with Crippen molar-refractivity contribution < 1.29 is 19.0 Å². The molecule has 2 aromatic carbocycles. The van der Waals surface area contributed by atoms with Crippen molar-refractivity contribution in [2.45, 2.75) is 40.3 Å². The first-order valence-corrected chi connectivity index (χ1v) is 14.5. The number of hydrogen-bond donors (Lipinski definition) is 0. The van der Waals surface area contributed by atoms with Crippen LogP contribution in [0.5, 0.6) is 11.5 Å². The van der Waals surface area contributed by atoms with Crippen LogP contribution in [0.25, 0.3) is 17.0 Å². The van der Waals surface area contributed by atoms with Crippen molar-refractivity contribution in [2.24, 2.45) is 4.99 Å². The number of fused-ring (bicyclic) bond motifs is 2. The number of thiazole rings is 1. The number of rotatable bonds is 10. The monoisotopic (exact) mass is 571 g/mol. The van der Waals surface area contributed by atoms with E-state index in [1.807, 2.05) is 68.6 Å². The summed E-state index contributed by atoms with van der Waals surface area (Å²) in [4.78, 5) is 32.6. The fourth-order valence-corrected chi connectivity index (χ4v) is 6.20. The molecule has 1 unspecified atom stereocenters. The van der Waals surface area contributed by atoms with Gasteiger partial charge in [0.15, 0.2) is 16.3 Å². The normalized spacial score (nSPS) is 15.0. The molecule has 3 heterocycles. The average molecular weight is 572 g/mol. The SMILES string of the molecule is C=CCn1cc(/C=c2\sc3n(c2=O)C(c2ccc(OCC)c(OCC)c2)C(C(=O)OCC)=C(C)N=3)c2ccccc21. The molecule has 0 bridgehead atoms. The molecular weight excluding hydrogens is 538 g/mol. The first-order chi connectivity index (χ1) is 19.9. The molecule has 8 nitrogen and oxygen atoms in total. The van der Waals surface area contributed by atoms with Crippen LogP contribution in [0.2, 0.25) is 0 Å². The molecule has 1 aliphatic rings. The van der Waals surface area contributed by atoms with Crippen molar-refractivity contribution in [3.63, 3.8) is 0 Å². The van der Waals surface area contributed by atoms with Crippen molar-refractivity contribution in [3.8, 4) is 11.5 Å². The Hall–Kier alpha value is -4.37. The van der Waals surface area contributed by atoms with Crippen LogP contribution in [-0.4, -0.2) is 34.9 Å². The molecule has 0 N–H and O–H groups in total. The van der Waals surface area contributed by atoms with E-state index >= 15 is 0 Å². The van der Waals surface area contributed by atoms with Gasteiger partial charge in [-0.2, -0.15) is 0 Å². The molecule has 0 fully saturated rings. The van der Waals surface area contributed by atoms with Crippen molar-refractivity contribution in [1.29, 1.82) is 0 Å². The molecule has 2 aromatic heterocycles. The third-order valence-corrected chi connectivity index (χ3v) is 7.81. The van der Waals surface area contributed by atoms with E-state index in [-0.39, 0.29) is 12.2 Å². The lowest BCUT2D eigenvalue weighted by Crippen LogP contribution is -2.40. The van der Waals surface area contributed by atoms with Gasteiger partial charge in [-0.25, -0.2) is 9.79 Å². The predicted octanol–water partition coefficient (Wildman–Crippen LogP) is 4.74. The first kappa shape index (κ1) is 28.2. The standard InChI is InChI=1S/C32H33N3O5S/c1-6-16-34-19-22(23-12-10-11-13-24(23)34)18-27-30(36)35-29(21-14-15-25(38-7-2)26(17-21)39-8-3)28(31(37)40-9-4)20(5)33-32(35)41-27/h6,10-15,17-19,29H,1,7-9,16H2,2-5H3/b27-18-. The van der Waals surface area contributed by atoms with Gasteiger partial charge >= 0.3 is 5.97 Å². The van der Waals surface area contributed by atoms with E-state index in [9.17, 15) is 9.59 Å². The van der Waals surface area contributed by atoms with Gasteiger partial charge in [-0.05, 0) is 57.5 Å². The van der Waals surface area contributed by atoms with Gasteiger partial charge in [-0.3, -0.25) is 9.36 Å². The largest absolute Gasteiger partial charge is 0.490 e. The number of nitrogens with zero attached hydrogens (tertiary/aromatic N) is 3. The Morgan fingerprint density at radius 1 is 1.07 bits per heavy atom. The van der Waals surface area contributed by atoms with Gasteiger partial charge in [-0.15, -0.1) is 6.58 Å². The van der Waals surface area contributed by atoms with E-state index in [1.54, 1.807) is 18.4 Å². The molecule has 1 aliphatic heterocycles. The molecule has 9 heteroatoms. The number of aromatic nitrogens is 2. The number of carbonyl (C=O) groups excluding carboxylic acids is 1. The molecule has 0 saturated carbocycles. The molecular formula is C32H33N3O5S. The van der Waals surface area contributed by atoms with Gasteiger partial charge in [0, 0.05) is 29.2 Å². The lowest BCUT2D eigenvalue weighted by Gasteiger charge is -2.25. The second-order valence-electron chi connectivity index (χ2n) is 9.42. The Bertz CT molecular complexity index is 1840. The molecule has 0 spiro atoms. The van der Waals surface area contributed by atoms with Gasteiger partial charge in [0.2, 0.25) is 0 Å². The molecule has 0 amide bonds. The maximum Gasteiger partial charge on any atom is 0.338 e. The maximum absolute atomic E-state index is 14.1. The second-order valence-corrected chi connectivity index (χ2v) is 10.4. The molecule has 1 atom stereocenters. The van der Waals surface area contributed by atoms with E-state index in [4.69, 9.17) is 19.2 Å². The van der Waals surface area contributed by atoms with Crippen molar-refractivity contribution >= 4 is 34.3 Å². The smallest absolute Gasteiger partial charge is 0.338 e. The van der Waals surface area contributed by atoms with E-state index in [2.05, 4.69) is 17.2 Å².